The lowest BCUT2D eigenvalue weighted by Crippen LogP contribution is -2.33. The second kappa shape index (κ2) is 6.89. The lowest BCUT2D eigenvalue weighted by atomic mass is 9.77. The fourth-order valence-corrected chi connectivity index (χ4v) is 4.59. The van der Waals surface area contributed by atoms with Gasteiger partial charge in [0.15, 0.2) is 5.60 Å². The van der Waals surface area contributed by atoms with E-state index >= 15 is 0 Å². The maximum atomic E-state index is 13.0. The van der Waals surface area contributed by atoms with Gasteiger partial charge in [-0.25, -0.2) is 4.79 Å². The van der Waals surface area contributed by atoms with Gasteiger partial charge in [-0.05, 0) is 48.5 Å². The quantitative estimate of drug-likeness (QED) is 0.396. The first kappa shape index (κ1) is 18.5. The molecule has 0 aliphatic carbocycles. The number of hydrogen-bond donors (Lipinski definition) is 2. The number of para-hydroxylation sites is 1. The molecule has 2 heterocycles. The summed E-state index contributed by atoms with van der Waals surface area (Å²) in [5.41, 5.74) is 4.70. The van der Waals surface area contributed by atoms with Crippen molar-refractivity contribution in [2.24, 2.45) is 0 Å². The van der Waals surface area contributed by atoms with Crippen LogP contribution in [0.3, 0.4) is 0 Å². The molecule has 0 saturated carbocycles. The molecule has 5 nitrogen and oxygen atoms in total. The van der Waals surface area contributed by atoms with Crippen LogP contribution < -0.4 is 15.4 Å². The van der Waals surface area contributed by atoms with Gasteiger partial charge in [0.25, 0.3) is 0 Å². The van der Waals surface area contributed by atoms with E-state index in [1.54, 1.807) is 0 Å². The highest BCUT2D eigenvalue weighted by atomic mass is 16.6. The SMILES string of the molecule is CNc1ccc2c(c1)Oc1ccc(Nc3ccccc3)cc1C21OC(=O)c2ccccc21. The summed E-state index contributed by atoms with van der Waals surface area (Å²) >= 11 is 0. The van der Waals surface area contributed by atoms with Gasteiger partial charge in [-0.15, -0.1) is 0 Å². The molecule has 0 radical (unpaired) electrons. The van der Waals surface area contributed by atoms with Crippen LogP contribution in [0.5, 0.6) is 11.5 Å². The molecular formula is C27H20N2O3. The van der Waals surface area contributed by atoms with E-state index in [9.17, 15) is 4.79 Å². The number of benzene rings is 4. The van der Waals surface area contributed by atoms with Gasteiger partial charge in [0, 0.05) is 46.9 Å². The second-order valence-corrected chi connectivity index (χ2v) is 7.88. The molecule has 6 rings (SSSR count). The van der Waals surface area contributed by atoms with E-state index < -0.39 is 5.60 Å². The minimum atomic E-state index is -1.07. The van der Waals surface area contributed by atoms with Gasteiger partial charge < -0.3 is 20.1 Å². The van der Waals surface area contributed by atoms with Crippen molar-refractivity contribution in [3.05, 3.63) is 113 Å². The average molecular weight is 420 g/mol. The third-order valence-corrected chi connectivity index (χ3v) is 6.06. The zero-order valence-electron chi connectivity index (χ0n) is 17.4. The number of carbonyl (C=O) groups excluding carboxylic acids is 1. The molecule has 0 fully saturated rings. The number of ether oxygens (including phenoxy) is 2. The van der Waals surface area contributed by atoms with E-state index in [-0.39, 0.29) is 5.97 Å². The zero-order valence-corrected chi connectivity index (χ0v) is 17.4. The van der Waals surface area contributed by atoms with E-state index in [2.05, 4.69) is 10.6 Å². The molecule has 2 aliphatic heterocycles. The lowest BCUT2D eigenvalue weighted by molar-refractivity contribution is 0.0224. The Morgan fingerprint density at radius 1 is 0.688 bits per heavy atom. The highest BCUT2D eigenvalue weighted by Crippen LogP contribution is 2.56. The Bertz CT molecular complexity index is 1370. The molecule has 0 saturated heterocycles. The van der Waals surface area contributed by atoms with Crippen LogP contribution in [0.4, 0.5) is 17.1 Å². The molecule has 1 spiro atoms. The van der Waals surface area contributed by atoms with Crippen molar-refractivity contribution in [1.29, 1.82) is 0 Å². The summed E-state index contributed by atoms with van der Waals surface area (Å²) in [5.74, 6) is 0.991. The van der Waals surface area contributed by atoms with E-state index in [4.69, 9.17) is 9.47 Å². The molecule has 4 aromatic carbocycles. The molecule has 2 aliphatic rings. The van der Waals surface area contributed by atoms with E-state index in [1.165, 1.54) is 0 Å². The first-order valence-corrected chi connectivity index (χ1v) is 10.5. The molecule has 4 aromatic rings. The van der Waals surface area contributed by atoms with Gasteiger partial charge in [-0.1, -0.05) is 36.4 Å². The van der Waals surface area contributed by atoms with Crippen molar-refractivity contribution < 1.29 is 14.3 Å². The maximum Gasteiger partial charge on any atom is 0.340 e. The molecule has 1 unspecified atom stereocenters. The lowest BCUT2D eigenvalue weighted by Gasteiger charge is -2.37. The fourth-order valence-electron chi connectivity index (χ4n) is 4.59. The monoisotopic (exact) mass is 420 g/mol. The maximum absolute atomic E-state index is 13.0. The van der Waals surface area contributed by atoms with Crippen molar-refractivity contribution in [3.8, 4) is 11.5 Å². The molecule has 0 aromatic heterocycles. The smallest absolute Gasteiger partial charge is 0.340 e. The van der Waals surface area contributed by atoms with Crippen LogP contribution in [0.25, 0.3) is 0 Å². The molecule has 156 valence electrons. The Morgan fingerprint density at radius 3 is 2.31 bits per heavy atom. The Hall–Kier alpha value is -4.25. The number of rotatable bonds is 3. The Balaban J connectivity index is 1.59. The first-order chi connectivity index (χ1) is 15.7. The fraction of sp³-hybridized carbons (Fsp3) is 0.0741. The number of nitrogens with one attached hydrogen (secondary N) is 2. The Morgan fingerprint density at radius 2 is 1.47 bits per heavy atom. The van der Waals surface area contributed by atoms with Crippen LogP contribution in [-0.4, -0.2) is 13.0 Å². The van der Waals surface area contributed by atoms with Crippen molar-refractivity contribution >= 4 is 23.0 Å². The Labute approximate surface area is 185 Å². The van der Waals surface area contributed by atoms with Crippen LogP contribution >= 0.6 is 0 Å². The molecule has 0 bridgehead atoms. The van der Waals surface area contributed by atoms with Gasteiger partial charge >= 0.3 is 5.97 Å². The predicted molar refractivity (Wildman–Crippen MR) is 124 cm³/mol. The van der Waals surface area contributed by atoms with Gasteiger partial charge in [0.05, 0.1) is 5.56 Å². The normalized spacial score (nSPS) is 17.6. The zero-order chi connectivity index (χ0) is 21.7. The highest BCUT2D eigenvalue weighted by Gasteiger charge is 2.53. The summed E-state index contributed by atoms with van der Waals surface area (Å²) in [6.45, 7) is 0. The minimum Gasteiger partial charge on any atom is -0.456 e. The van der Waals surface area contributed by atoms with Gasteiger partial charge in [-0.3, -0.25) is 0 Å². The third-order valence-electron chi connectivity index (χ3n) is 6.06. The summed E-state index contributed by atoms with van der Waals surface area (Å²) in [6.07, 6.45) is 0. The molecule has 2 N–H and O–H groups in total. The summed E-state index contributed by atoms with van der Waals surface area (Å²) < 4.78 is 12.5. The van der Waals surface area contributed by atoms with Gasteiger partial charge in [0.2, 0.25) is 0 Å². The van der Waals surface area contributed by atoms with Crippen LogP contribution in [0.2, 0.25) is 0 Å². The Kier molecular flexibility index (Phi) is 3.98. The molecule has 5 heteroatoms. The largest absolute Gasteiger partial charge is 0.456 e. The molecule has 0 amide bonds. The standard InChI is InChI=1S/C27H20N2O3/c1-28-18-11-13-22-25(16-18)31-24-14-12-19(29-17-7-3-2-4-8-17)15-23(24)27(22)21-10-6-5-9-20(21)26(30)32-27/h2-16,28-29H,1H3. The second-order valence-electron chi connectivity index (χ2n) is 7.88. The molecule has 1 atom stereocenters. The number of fused-ring (bicyclic) bond motifs is 6. The van der Waals surface area contributed by atoms with Crippen molar-refractivity contribution in [2.75, 3.05) is 17.7 Å². The summed E-state index contributed by atoms with van der Waals surface area (Å²) in [7, 11) is 1.86. The summed E-state index contributed by atoms with van der Waals surface area (Å²) in [4.78, 5) is 13.0. The first-order valence-electron chi connectivity index (χ1n) is 10.5. The number of hydrogen-bond acceptors (Lipinski definition) is 5. The molecule has 32 heavy (non-hydrogen) atoms. The number of carbonyl (C=O) groups is 1. The van der Waals surface area contributed by atoms with Crippen LogP contribution in [0.1, 0.15) is 27.0 Å². The van der Waals surface area contributed by atoms with Crippen LogP contribution in [0.15, 0.2) is 91.0 Å². The van der Waals surface area contributed by atoms with Crippen molar-refractivity contribution in [3.63, 3.8) is 0 Å². The van der Waals surface area contributed by atoms with Crippen molar-refractivity contribution in [1.82, 2.24) is 0 Å². The number of anilines is 3. The number of esters is 1. The van der Waals surface area contributed by atoms with Crippen molar-refractivity contribution in [2.45, 2.75) is 5.60 Å². The van der Waals surface area contributed by atoms with E-state index in [0.717, 1.165) is 33.8 Å². The summed E-state index contributed by atoms with van der Waals surface area (Å²) in [6, 6.07) is 29.3. The summed E-state index contributed by atoms with van der Waals surface area (Å²) in [5, 5.41) is 6.58. The van der Waals surface area contributed by atoms with Crippen LogP contribution in [0, 0.1) is 0 Å². The average Bonchev–Trinajstić information content (AvgIpc) is 3.13. The topological polar surface area (TPSA) is 59.6 Å². The van der Waals surface area contributed by atoms with E-state index in [1.807, 2.05) is 98.0 Å². The van der Waals surface area contributed by atoms with Crippen LogP contribution in [-0.2, 0) is 10.3 Å². The molecular weight excluding hydrogens is 400 g/mol. The third kappa shape index (κ3) is 2.61. The minimum absolute atomic E-state index is 0.335. The predicted octanol–water partition coefficient (Wildman–Crippen LogP) is 6.04. The van der Waals surface area contributed by atoms with E-state index in [0.29, 0.717) is 17.1 Å². The van der Waals surface area contributed by atoms with Gasteiger partial charge in [0.1, 0.15) is 11.5 Å². The highest BCUT2D eigenvalue weighted by molar-refractivity contribution is 5.97. The van der Waals surface area contributed by atoms with Gasteiger partial charge in [-0.2, -0.15) is 0 Å².